The molecule has 0 unspecified atom stereocenters. The largest absolute Gasteiger partial charge is 0.478 e. The van der Waals surface area contributed by atoms with Crippen LogP contribution in [0.1, 0.15) is 20.7 Å². The molecular weight excluding hydrogens is 201 g/mol. The van der Waals surface area contributed by atoms with E-state index >= 15 is 0 Å². The zero-order valence-corrected chi connectivity index (χ0v) is 6.55. The van der Waals surface area contributed by atoms with E-state index in [-0.39, 0.29) is 6.29 Å². The van der Waals surface area contributed by atoms with Crippen molar-refractivity contribution in [2.75, 3.05) is 0 Å². The van der Waals surface area contributed by atoms with Crippen molar-refractivity contribution < 1.29 is 27.9 Å². The molecule has 0 aliphatic heterocycles. The van der Waals surface area contributed by atoms with Crippen LogP contribution in [0.25, 0.3) is 0 Å². The summed E-state index contributed by atoms with van der Waals surface area (Å²) in [6.07, 6.45) is -0.0930. The summed E-state index contributed by atoms with van der Waals surface area (Å²) in [5.41, 5.74) is -1.91. The van der Waals surface area contributed by atoms with Crippen molar-refractivity contribution in [2.45, 2.75) is 0 Å². The highest BCUT2D eigenvalue weighted by Crippen LogP contribution is 2.18. The molecule has 1 aromatic rings. The maximum atomic E-state index is 12.7. The second-order valence-corrected chi connectivity index (χ2v) is 2.38. The Morgan fingerprint density at radius 3 is 2.21 bits per heavy atom. The number of halogens is 3. The van der Waals surface area contributed by atoms with Crippen LogP contribution in [0.15, 0.2) is 6.07 Å². The molecule has 14 heavy (non-hydrogen) atoms. The highest BCUT2D eigenvalue weighted by atomic mass is 19.2. The lowest BCUT2D eigenvalue weighted by molar-refractivity contribution is 0.0690. The molecule has 0 saturated heterocycles. The van der Waals surface area contributed by atoms with Crippen LogP contribution in [-0.4, -0.2) is 17.4 Å². The Labute approximate surface area is 75.8 Å². The van der Waals surface area contributed by atoms with Gasteiger partial charge < -0.3 is 5.11 Å². The minimum atomic E-state index is -1.97. The summed E-state index contributed by atoms with van der Waals surface area (Å²) < 4.78 is 38.0. The van der Waals surface area contributed by atoms with E-state index in [2.05, 4.69) is 0 Å². The first-order chi connectivity index (χ1) is 6.49. The smallest absolute Gasteiger partial charge is 0.338 e. The van der Waals surface area contributed by atoms with Gasteiger partial charge in [0.15, 0.2) is 23.7 Å². The maximum absolute atomic E-state index is 12.7. The molecule has 0 radical (unpaired) electrons. The normalized spacial score (nSPS) is 9.93. The first kappa shape index (κ1) is 10.2. The standard InChI is InChI=1S/C8H3F3O3/c9-5-3(2-12)1-4(8(13)14)6(10)7(5)11/h1-2H,(H,13,14). The molecule has 0 saturated carbocycles. The minimum Gasteiger partial charge on any atom is -0.478 e. The molecule has 1 aromatic carbocycles. The molecule has 74 valence electrons. The maximum Gasteiger partial charge on any atom is 0.338 e. The molecule has 0 spiro atoms. The first-order valence-corrected chi connectivity index (χ1v) is 3.35. The Kier molecular flexibility index (Phi) is 2.55. The SMILES string of the molecule is O=Cc1cc(C(=O)O)c(F)c(F)c1F. The van der Waals surface area contributed by atoms with Crippen LogP contribution in [0.2, 0.25) is 0 Å². The lowest BCUT2D eigenvalue weighted by atomic mass is 10.1. The van der Waals surface area contributed by atoms with E-state index in [4.69, 9.17) is 5.11 Å². The molecule has 3 nitrogen and oxygen atoms in total. The Morgan fingerprint density at radius 1 is 1.21 bits per heavy atom. The zero-order valence-electron chi connectivity index (χ0n) is 6.55. The molecular formula is C8H3F3O3. The highest BCUT2D eigenvalue weighted by molar-refractivity contribution is 5.90. The number of aromatic carboxylic acids is 1. The van der Waals surface area contributed by atoms with Crippen LogP contribution in [0.3, 0.4) is 0 Å². The van der Waals surface area contributed by atoms with Crippen LogP contribution in [0.5, 0.6) is 0 Å². The Morgan fingerprint density at radius 2 is 1.79 bits per heavy atom. The number of carboxylic acids is 1. The fraction of sp³-hybridized carbons (Fsp3) is 0. The van der Waals surface area contributed by atoms with Crippen molar-refractivity contribution in [3.05, 3.63) is 34.6 Å². The van der Waals surface area contributed by atoms with Crippen molar-refractivity contribution in [3.8, 4) is 0 Å². The van der Waals surface area contributed by atoms with Crippen LogP contribution in [0.4, 0.5) is 13.2 Å². The van der Waals surface area contributed by atoms with Crippen LogP contribution >= 0.6 is 0 Å². The Hall–Kier alpha value is -1.85. The van der Waals surface area contributed by atoms with Crippen LogP contribution in [-0.2, 0) is 0 Å². The predicted molar refractivity (Wildman–Crippen MR) is 38.7 cm³/mol. The Balaban J connectivity index is 3.56. The quantitative estimate of drug-likeness (QED) is 0.588. The Bertz CT molecular complexity index is 415. The van der Waals surface area contributed by atoms with Gasteiger partial charge in [0.2, 0.25) is 0 Å². The molecule has 0 fully saturated rings. The van der Waals surface area contributed by atoms with Gasteiger partial charge in [0.1, 0.15) is 0 Å². The van der Waals surface area contributed by atoms with Gasteiger partial charge in [-0.05, 0) is 6.07 Å². The highest BCUT2D eigenvalue weighted by Gasteiger charge is 2.21. The summed E-state index contributed by atoms with van der Waals surface area (Å²) in [5, 5.41) is 8.36. The van der Waals surface area contributed by atoms with Crippen molar-refractivity contribution in [1.29, 1.82) is 0 Å². The van der Waals surface area contributed by atoms with E-state index in [1.807, 2.05) is 0 Å². The van der Waals surface area contributed by atoms with Gasteiger partial charge in [-0.2, -0.15) is 0 Å². The van der Waals surface area contributed by atoms with Gasteiger partial charge in [-0.3, -0.25) is 4.79 Å². The van der Waals surface area contributed by atoms with E-state index in [9.17, 15) is 22.8 Å². The average Bonchev–Trinajstić information content (AvgIpc) is 2.14. The van der Waals surface area contributed by atoms with E-state index in [1.54, 1.807) is 0 Å². The number of carbonyl (C=O) groups is 2. The summed E-state index contributed by atoms with van der Waals surface area (Å²) in [7, 11) is 0. The second-order valence-electron chi connectivity index (χ2n) is 2.38. The summed E-state index contributed by atoms with van der Waals surface area (Å²) in [5.74, 6) is -7.25. The number of aldehydes is 1. The number of hydrogen-bond acceptors (Lipinski definition) is 2. The number of rotatable bonds is 2. The summed E-state index contributed by atoms with van der Waals surface area (Å²) in [4.78, 5) is 20.5. The monoisotopic (exact) mass is 204 g/mol. The first-order valence-electron chi connectivity index (χ1n) is 3.35. The summed E-state index contributed by atoms with van der Waals surface area (Å²) in [6.45, 7) is 0. The molecule has 1 rings (SSSR count). The average molecular weight is 204 g/mol. The van der Waals surface area contributed by atoms with Gasteiger partial charge in [-0.1, -0.05) is 0 Å². The van der Waals surface area contributed by atoms with Gasteiger partial charge in [-0.15, -0.1) is 0 Å². The van der Waals surface area contributed by atoms with Crippen LogP contribution in [0, 0.1) is 17.5 Å². The molecule has 0 amide bonds. The van der Waals surface area contributed by atoms with Crippen molar-refractivity contribution >= 4 is 12.3 Å². The van der Waals surface area contributed by atoms with Gasteiger partial charge >= 0.3 is 5.97 Å². The molecule has 0 bridgehead atoms. The molecule has 0 aliphatic rings. The minimum absolute atomic E-state index is 0.0930. The predicted octanol–water partition coefficient (Wildman–Crippen LogP) is 1.61. The molecule has 1 N–H and O–H groups in total. The third-order valence-corrected chi connectivity index (χ3v) is 1.53. The van der Waals surface area contributed by atoms with E-state index in [0.717, 1.165) is 0 Å². The van der Waals surface area contributed by atoms with Crippen molar-refractivity contribution in [2.24, 2.45) is 0 Å². The topological polar surface area (TPSA) is 54.4 Å². The van der Waals surface area contributed by atoms with E-state index in [0.29, 0.717) is 6.07 Å². The number of carboxylic acid groups (broad SMARTS) is 1. The van der Waals surface area contributed by atoms with Gasteiger partial charge in [0, 0.05) is 0 Å². The van der Waals surface area contributed by atoms with Crippen molar-refractivity contribution in [1.82, 2.24) is 0 Å². The number of carbonyl (C=O) groups excluding carboxylic acids is 1. The third kappa shape index (κ3) is 1.46. The van der Waals surface area contributed by atoms with Gasteiger partial charge in [0.25, 0.3) is 0 Å². The second kappa shape index (κ2) is 3.49. The number of benzene rings is 1. The summed E-state index contributed by atoms with van der Waals surface area (Å²) >= 11 is 0. The molecule has 0 heterocycles. The lowest BCUT2D eigenvalue weighted by Crippen LogP contribution is -2.07. The van der Waals surface area contributed by atoms with E-state index < -0.39 is 34.5 Å². The fourth-order valence-electron chi connectivity index (χ4n) is 0.865. The van der Waals surface area contributed by atoms with Crippen LogP contribution < -0.4 is 0 Å². The third-order valence-electron chi connectivity index (χ3n) is 1.53. The lowest BCUT2D eigenvalue weighted by Gasteiger charge is -2.01. The fourth-order valence-corrected chi connectivity index (χ4v) is 0.865. The zero-order chi connectivity index (χ0) is 10.9. The van der Waals surface area contributed by atoms with Crippen molar-refractivity contribution in [3.63, 3.8) is 0 Å². The molecule has 0 atom stereocenters. The molecule has 0 aliphatic carbocycles. The van der Waals surface area contributed by atoms with E-state index in [1.165, 1.54) is 0 Å². The number of hydrogen-bond donors (Lipinski definition) is 1. The van der Waals surface area contributed by atoms with Gasteiger partial charge in [0.05, 0.1) is 11.1 Å². The molecule has 6 heteroatoms. The molecule has 0 aromatic heterocycles. The summed E-state index contributed by atoms with van der Waals surface area (Å²) in [6, 6.07) is 0.434. The van der Waals surface area contributed by atoms with Gasteiger partial charge in [-0.25, -0.2) is 18.0 Å².